The lowest BCUT2D eigenvalue weighted by Gasteiger charge is -2.11. The Morgan fingerprint density at radius 1 is 1.04 bits per heavy atom. The molecule has 0 radical (unpaired) electrons. The molecule has 2 aromatic carbocycles. The predicted molar refractivity (Wildman–Crippen MR) is 93.3 cm³/mol. The molecule has 0 saturated heterocycles. The average molecular weight is 341 g/mol. The van der Waals surface area contributed by atoms with Crippen LogP contribution in [-0.4, -0.2) is 19.3 Å². The average Bonchev–Trinajstić information content (AvgIpc) is 2.53. The van der Waals surface area contributed by atoms with E-state index in [1.807, 2.05) is 0 Å². The van der Waals surface area contributed by atoms with Crippen molar-refractivity contribution in [2.45, 2.75) is 11.8 Å². The van der Waals surface area contributed by atoms with Crippen molar-refractivity contribution < 1.29 is 13.2 Å². The van der Waals surface area contributed by atoms with Crippen LogP contribution in [0.25, 0.3) is 10.8 Å². The van der Waals surface area contributed by atoms with E-state index in [1.165, 1.54) is 6.92 Å². The molecule has 3 rings (SSSR count). The van der Waals surface area contributed by atoms with Crippen molar-refractivity contribution >= 4 is 38.1 Å². The van der Waals surface area contributed by atoms with Gasteiger partial charge >= 0.3 is 0 Å². The van der Waals surface area contributed by atoms with Gasteiger partial charge in [-0.05, 0) is 30.3 Å². The molecule has 24 heavy (non-hydrogen) atoms. The lowest BCUT2D eigenvalue weighted by molar-refractivity contribution is -0.114. The van der Waals surface area contributed by atoms with Crippen LogP contribution in [0.2, 0.25) is 0 Å². The van der Waals surface area contributed by atoms with Crippen LogP contribution >= 0.6 is 0 Å². The van der Waals surface area contributed by atoms with E-state index < -0.39 is 10.0 Å². The molecule has 0 aliphatic carbocycles. The summed E-state index contributed by atoms with van der Waals surface area (Å²) in [4.78, 5) is 15.3. The van der Waals surface area contributed by atoms with Gasteiger partial charge in [-0.25, -0.2) is 8.42 Å². The van der Waals surface area contributed by atoms with Gasteiger partial charge in [0, 0.05) is 35.8 Å². The Hall–Kier alpha value is -2.93. The summed E-state index contributed by atoms with van der Waals surface area (Å²) in [7, 11) is -3.78. The Balaban J connectivity index is 1.98. The Morgan fingerprint density at radius 3 is 2.58 bits per heavy atom. The maximum absolute atomic E-state index is 12.7. The van der Waals surface area contributed by atoms with Gasteiger partial charge in [-0.2, -0.15) is 0 Å². The molecule has 1 aromatic heterocycles. The molecule has 6 nitrogen and oxygen atoms in total. The minimum Gasteiger partial charge on any atom is -0.326 e. The molecule has 1 heterocycles. The van der Waals surface area contributed by atoms with E-state index in [0.717, 1.165) is 5.39 Å². The SMILES string of the molecule is CC(=O)Nc1cccc(NS(=O)(=O)c2cccc3cnccc23)c1. The number of pyridine rings is 1. The molecule has 2 N–H and O–H groups in total. The highest BCUT2D eigenvalue weighted by Crippen LogP contribution is 2.25. The summed E-state index contributed by atoms with van der Waals surface area (Å²) in [5, 5.41) is 3.96. The van der Waals surface area contributed by atoms with Gasteiger partial charge in [0.05, 0.1) is 10.6 Å². The van der Waals surface area contributed by atoms with E-state index in [-0.39, 0.29) is 10.8 Å². The van der Waals surface area contributed by atoms with Crippen molar-refractivity contribution in [3.63, 3.8) is 0 Å². The summed E-state index contributed by atoms with van der Waals surface area (Å²) in [6, 6.07) is 13.2. The molecule has 1 amide bonds. The number of aromatic nitrogens is 1. The molecule has 0 saturated carbocycles. The van der Waals surface area contributed by atoms with Crippen LogP contribution in [0.3, 0.4) is 0 Å². The topological polar surface area (TPSA) is 88.2 Å². The van der Waals surface area contributed by atoms with Crippen molar-refractivity contribution in [3.8, 4) is 0 Å². The number of hydrogen-bond acceptors (Lipinski definition) is 4. The first-order valence-corrected chi connectivity index (χ1v) is 8.67. The van der Waals surface area contributed by atoms with Crippen molar-refractivity contribution in [1.29, 1.82) is 0 Å². The second-order valence-corrected chi connectivity index (χ2v) is 6.87. The van der Waals surface area contributed by atoms with Crippen LogP contribution in [0.15, 0.2) is 65.8 Å². The van der Waals surface area contributed by atoms with E-state index in [9.17, 15) is 13.2 Å². The number of rotatable bonds is 4. The van der Waals surface area contributed by atoms with Gasteiger partial charge in [-0.1, -0.05) is 18.2 Å². The Labute approximate surface area is 139 Å². The van der Waals surface area contributed by atoms with Crippen LogP contribution < -0.4 is 10.0 Å². The van der Waals surface area contributed by atoms with Crippen LogP contribution in [0, 0.1) is 0 Å². The number of anilines is 2. The standard InChI is InChI=1S/C17H15N3O3S/c1-12(21)19-14-5-3-6-15(10-14)20-24(22,23)17-7-2-4-13-11-18-9-8-16(13)17/h2-11,20H,1H3,(H,19,21). The largest absolute Gasteiger partial charge is 0.326 e. The van der Waals surface area contributed by atoms with Gasteiger partial charge < -0.3 is 5.32 Å². The molecule has 0 bridgehead atoms. The van der Waals surface area contributed by atoms with Gasteiger partial charge in [0.25, 0.3) is 10.0 Å². The van der Waals surface area contributed by atoms with E-state index in [0.29, 0.717) is 16.8 Å². The van der Waals surface area contributed by atoms with Gasteiger partial charge in [0.2, 0.25) is 5.91 Å². The maximum Gasteiger partial charge on any atom is 0.262 e. The first kappa shape index (κ1) is 15.9. The first-order chi connectivity index (χ1) is 11.5. The summed E-state index contributed by atoms with van der Waals surface area (Å²) in [6.45, 7) is 1.39. The Morgan fingerprint density at radius 2 is 1.79 bits per heavy atom. The van der Waals surface area contributed by atoms with Gasteiger partial charge in [0.15, 0.2) is 0 Å². The number of sulfonamides is 1. The highest BCUT2D eigenvalue weighted by atomic mass is 32.2. The van der Waals surface area contributed by atoms with Gasteiger partial charge in [0.1, 0.15) is 0 Å². The molecule has 0 fully saturated rings. The maximum atomic E-state index is 12.7. The summed E-state index contributed by atoms with van der Waals surface area (Å²) >= 11 is 0. The fraction of sp³-hybridized carbons (Fsp3) is 0.0588. The van der Waals surface area contributed by atoms with Crippen LogP contribution in [-0.2, 0) is 14.8 Å². The fourth-order valence-corrected chi connectivity index (χ4v) is 3.68. The van der Waals surface area contributed by atoms with E-state index >= 15 is 0 Å². The second-order valence-electron chi connectivity index (χ2n) is 5.22. The minimum atomic E-state index is -3.78. The van der Waals surface area contributed by atoms with Gasteiger partial charge in [-0.3, -0.25) is 14.5 Å². The summed E-state index contributed by atoms with van der Waals surface area (Å²) in [5.41, 5.74) is 0.886. The number of carbonyl (C=O) groups excluding carboxylic acids is 1. The first-order valence-electron chi connectivity index (χ1n) is 7.19. The van der Waals surface area contributed by atoms with E-state index in [4.69, 9.17) is 0 Å². The summed E-state index contributed by atoms with van der Waals surface area (Å²) in [5.74, 6) is -0.225. The number of nitrogens with zero attached hydrogens (tertiary/aromatic N) is 1. The van der Waals surface area contributed by atoms with E-state index in [2.05, 4.69) is 15.0 Å². The van der Waals surface area contributed by atoms with Gasteiger partial charge in [-0.15, -0.1) is 0 Å². The molecule has 0 spiro atoms. The molecule has 0 aliphatic rings. The zero-order valence-electron chi connectivity index (χ0n) is 12.9. The third-order valence-corrected chi connectivity index (χ3v) is 4.80. The lowest BCUT2D eigenvalue weighted by atomic mass is 10.2. The molecule has 7 heteroatoms. The zero-order chi connectivity index (χ0) is 17.2. The number of nitrogens with one attached hydrogen (secondary N) is 2. The highest BCUT2D eigenvalue weighted by Gasteiger charge is 2.17. The molecule has 0 unspecified atom stereocenters. The van der Waals surface area contributed by atoms with Crippen molar-refractivity contribution in [2.24, 2.45) is 0 Å². The predicted octanol–water partition coefficient (Wildman–Crippen LogP) is 2.99. The quantitative estimate of drug-likeness (QED) is 0.763. The smallest absolute Gasteiger partial charge is 0.262 e. The highest BCUT2D eigenvalue weighted by molar-refractivity contribution is 7.93. The number of benzene rings is 2. The number of fused-ring (bicyclic) bond motifs is 1. The molecule has 3 aromatic rings. The summed E-state index contributed by atoms with van der Waals surface area (Å²) < 4.78 is 28.0. The summed E-state index contributed by atoms with van der Waals surface area (Å²) in [6.07, 6.45) is 3.17. The van der Waals surface area contributed by atoms with Crippen LogP contribution in [0.4, 0.5) is 11.4 Å². The molecular formula is C17H15N3O3S. The van der Waals surface area contributed by atoms with Crippen LogP contribution in [0.5, 0.6) is 0 Å². The fourth-order valence-electron chi connectivity index (χ4n) is 2.40. The number of hydrogen-bond donors (Lipinski definition) is 2. The van der Waals surface area contributed by atoms with E-state index in [1.54, 1.807) is 60.9 Å². The molecular weight excluding hydrogens is 326 g/mol. The van der Waals surface area contributed by atoms with Crippen molar-refractivity contribution in [2.75, 3.05) is 10.0 Å². The molecule has 0 atom stereocenters. The number of carbonyl (C=O) groups is 1. The Bertz CT molecular complexity index is 1010. The normalized spacial score (nSPS) is 11.2. The monoisotopic (exact) mass is 341 g/mol. The molecule has 122 valence electrons. The third-order valence-electron chi connectivity index (χ3n) is 3.37. The minimum absolute atomic E-state index is 0.173. The lowest BCUT2D eigenvalue weighted by Crippen LogP contribution is -2.14. The number of amides is 1. The second kappa shape index (κ2) is 6.29. The van der Waals surface area contributed by atoms with Crippen LogP contribution in [0.1, 0.15) is 6.92 Å². The molecule has 0 aliphatic heterocycles. The Kier molecular flexibility index (Phi) is 4.18. The van der Waals surface area contributed by atoms with Crippen molar-refractivity contribution in [3.05, 3.63) is 60.9 Å². The third kappa shape index (κ3) is 3.36. The van der Waals surface area contributed by atoms with Crippen molar-refractivity contribution in [1.82, 2.24) is 4.98 Å². The zero-order valence-corrected chi connectivity index (χ0v) is 13.7.